The van der Waals surface area contributed by atoms with E-state index in [1.54, 1.807) is 18.9 Å². The van der Waals surface area contributed by atoms with Crippen molar-refractivity contribution in [3.8, 4) is 17.2 Å². The summed E-state index contributed by atoms with van der Waals surface area (Å²) in [5.74, 6) is 2.97. The van der Waals surface area contributed by atoms with E-state index in [2.05, 4.69) is 10.2 Å². The quantitative estimate of drug-likeness (QED) is 0.309. The van der Waals surface area contributed by atoms with E-state index in [0.717, 1.165) is 33.7 Å². The molecule has 8 heteroatoms. The summed E-state index contributed by atoms with van der Waals surface area (Å²) in [7, 11) is 1.64. The van der Waals surface area contributed by atoms with Crippen molar-refractivity contribution in [3.05, 3.63) is 58.9 Å². The van der Waals surface area contributed by atoms with E-state index >= 15 is 0 Å². The third-order valence-electron chi connectivity index (χ3n) is 4.31. The first-order chi connectivity index (χ1) is 14.5. The van der Waals surface area contributed by atoms with Gasteiger partial charge in [0.25, 0.3) is 0 Å². The second-order valence-corrected chi connectivity index (χ2v) is 8.37. The van der Waals surface area contributed by atoms with E-state index in [0.29, 0.717) is 17.5 Å². The molecule has 0 spiro atoms. The molecule has 0 bridgehead atoms. The molecule has 0 aliphatic rings. The first-order valence-electron chi connectivity index (χ1n) is 9.70. The fourth-order valence-electron chi connectivity index (χ4n) is 2.70. The van der Waals surface area contributed by atoms with Gasteiger partial charge in [0.05, 0.1) is 25.5 Å². The van der Waals surface area contributed by atoms with Gasteiger partial charge >= 0.3 is 0 Å². The predicted octanol–water partition coefficient (Wildman–Crippen LogP) is 5.33. The SMILES string of the molecule is COc1ccc(OCc2nnc(SCCOC(C)C)n2-c2ccc(C)c(Cl)c2)cc1. The van der Waals surface area contributed by atoms with E-state index in [1.807, 2.05) is 67.8 Å². The molecule has 0 aliphatic heterocycles. The summed E-state index contributed by atoms with van der Waals surface area (Å²) >= 11 is 7.97. The Hall–Kier alpha value is -2.22. The number of halogens is 1. The number of hydrogen-bond acceptors (Lipinski definition) is 6. The molecule has 0 radical (unpaired) electrons. The number of aromatic nitrogens is 3. The molecule has 0 saturated carbocycles. The highest BCUT2D eigenvalue weighted by Crippen LogP contribution is 2.26. The number of aryl methyl sites for hydroxylation is 1. The Balaban J connectivity index is 1.81. The van der Waals surface area contributed by atoms with E-state index in [4.69, 9.17) is 25.8 Å². The molecule has 0 amide bonds. The Morgan fingerprint density at radius 2 is 1.80 bits per heavy atom. The van der Waals surface area contributed by atoms with Crippen molar-refractivity contribution in [2.24, 2.45) is 0 Å². The van der Waals surface area contributed by atoms with Crippen molar-refractivity contribution in [2.45, 2.75) is 38.6 Å². The standard InChI is InChI=1S/C22H26ClN3O3S/c1-15(2)28-11-12-30-22-25-24-21(14-29-19-9-7-18(27-4)8-10-19)26(22)17-6-5-16(3)20(23)13-17/h5-10,13,15H,11-12,14H2,1-4H3. The van der Waals surface area contributed by atoms with E-state index in [9.17, 15) is 0 Å². The van der Waals surface area contributed by atoms with Crippen molar-refractivity contribution in [1.29, 1.82) is 0 Å². The third-order valence-corrected chi connectivity index (χ3v) is 5.61. The molecule has 0 atom stereocenters. The molecule has 1 aromatic heterocycles. The van der Waals surface area contributed by atoms with E-state index in [1.165, 1.54) is 0 Å². The monoisotopic (exact) mass is 447 g/mol. The van der Waals surface area contributed by atoms with Gasteiger partial charge in [0.1, 0.15) is 18.1 Å². The lowest BCUT2D eigenvalue weighted by atomic mass is 10.2. The normalized spacial score (nSPS) is 11.1. The molecular formula is C22H26ClN3O3S. The average Bonchev–Trinajstić information content (AvgIpc) is 3.14. The maximum Gasteiger partial charge on any atom is 0.196 e. The first kappa shape index (κ1) is 22.5. The highest BCUT2D eigenvalue weighted by Gasteiger charge is 2.16. The minimum Gasteiger partial charge on any atom is -0.497 e. The number of thioether (sulfide) groups is 1. The molecule has 3 rings (SSSR count). The molecule has 0 unspecified atom stereocenters. The number of rotatable bonds is 10. The molecule has 1 heterocycles. The molecule has 0 fully saturated rings. The van der Waals surface area contributed by atoms with E-state index < -0.39 is 0 Å². The van der Waals surface area contributed by atoms with Crippen LogP contribution in [0.3, 0.4) is 0 Å². The van der Waals surface area contributed by atoms with Crippen LogP contribution >= 0.6 is 23.4 Å². The van der Waals surface area contributed by atoms with Crippen molar-refractivity contribution in [1.82, 2.24) is 14.8 Å². The minimum atomic E-state index is 0.202. The lowest BCUT2D eigenvalue weighted by Crippen LogP contribution is -2.08. The van der Waals surface area contributed by atoms with Gasteiger partial charge in [-0.25, -0.2) is 0 Å². The molecule has 160 valence electrons. The van der Waals surface area contributed by atoms with Crippen molar-refractivity contribution in [3.63, 3.8) is 0 Å². The van der Waals surface area contributed by atoms with Gasteiger partial charge in [-0.2, -0.15) is 0 Å². The molecular weight excluding hydrogens is 422 g/mol. The molecule has 0 aliphatic carbocycles. The number of methoxy groups -OCH3 is 1. The summed E-state index contributed by atoms with van der Waals surface area (Å²) in [6.45, 7) is 6.94. The second kappa shape index (κ2) is 10.7. The molecule has 0 N–H and O–H groups in total. The fraction of sp³-hybridized carbons (Fsp3) is 0.364. The fourth-order valence-corrected chi connectivity index (χ4v) is 3.68. The second-order valence-electron chi connectivity index (χ2n) is 6.90. The van der Waals surface area contributed by atoms with Gasteiger partial charge in [-0.05, 0) is 62.7 Å². The maximum atomic E-state index is 6.37. The van der Waals surface area contributed by atoms with Crippen molar-refractivity contribution >= 4 is 23.4 Å². The van der Waals surface area contributed by atoms with Crippen LogP contribution in [0.4, 0.5) is 0 Å². The number of benzene rings is 2. The van der Waals surface area contributed by atoms with Crippen molar-refractivity contribution < 1.29 is 14.2 Å². The van der Waals surface area contributed by atoms with Gasteiger partial charge in [0.2, 0.25) is 0 Å². The highest BCUT2D eigenvalue weighted by atomic mass is 35.5. The van der Waals surface area contributed by atoms with Crippen LogP contribution in [0.25, 0.3) is 5.69 Å². The molecule has 30 heavy (non-hydrogen) atoms. The van der Waals surface area contributed by atoms with Gasteiger partial charge in [0.15, 0.2) is 11.0 Å². The van der Waals surface area contributed by atoms with Crippen LogP contribution in [0.1, 0.15) is 25.2 Å². The first-order valence-corrected chi connectivity index (χ1v) is 11.1. The summed E-state index contributed by atoms with van der Waals surface area (Å²) in [6.07, 6.45) is 0.202. The highest BCUT2D eigenvalue weighted by molar-refractivity contribution is 7.99. The summed E-state index contributed by atoms with van der Waals surface area (Å²) in [4.78, 5) is 0. The predicted molar refractivity (Wildman–Crippen MR) is 120 cm³/mol. The zero-order chi connectivity index (χ0) is 21.5. The van der Waals surface area contributed by atoms with Crippen LogP contribution in [0.15, 0.2) is 47.6 Å². The Kier molecular flexibility index (Phi) is 8.01. The Morgan fingerprint density at radius 1 is 1.07 bits per heavy atom. The van der Waals surface area contributed by atoms with Crippen LogP contribution in [0.2, 0.25) is 5.02 Å². The van der Waals surface area contributed by atoms with Gasteiger partial charge in [0, 0.05) is 10.8 Å². The summed E-state index contributed by atoms with van der Waals surface area (Å²) in [5.41, 5.74) is 1.92. The lowest BCUT2D eigenvalue weighted by Gasteiger charge is -2.13. The van der Waals surface area contributed by atoms with Crippen LogP contribution in [0, 0.1) is 6.92 Å². The molecule has 2 aromatic carbocycles. The molecule has 3 aromatic rings. The van der Waals surface area contributed by atoms with Crippen LogP contribution < -0.4 is 9.47 Å². The number of ether oxygens (including phenoxy) is 3. The number of hydrogen-bond donors (Lipinski definition) is 0. The number of nitrogens with zero attached hydrogens (tertiary/aromatic N) is 3. The average molecular weight is 448 g/mol. The third kappa shape index (κ3) is 5.90. The van der Waals surface area contributed by atoms with Crippen molar-refractivity contribution in [2.75, 3.05) is 19.5 Å². The summed E-state index contributed by atoms with van der Waals surface area (Å²) < 4.78 is 18.7. The molecule has 6 nitrogen and oxygen atoms in total. The van der Waals surface area contributed by atoms with E-state index in [-0.39, 0.29) is 12.7 Å². The largest absolute Gasteiger partial charge is 0.497 e. The zero-order valence-electron chi connectivity index (χ0n) is 17.6. The van der Waals surface area contributed by atoms with Crippen LogP contribution in [0.5, 0.6) is 11.5 Å². The smallest absolute Gasteiger partial charge is 0.196 e. The maximum absolute atomic E-state index is 6.37. The van der Waals surface area contributed by atoms with Gasteiger partial charge in [-0.15, -0.1) is 10.2 Å². The van der Waals surface area contributed by atoms with Gasteiger partial charge in [-0.3, -0.25) is 4.57 Å². The zero-order valence-corrected chi connectivity index (χ0v) is 19.2. The topological polar surface area (TPSA) is 58.4 Å². The summed E-state index contributed by atoms with van der Waals surface area (Å²) in [6, 6.07) is 13.4. The van der Waals surface area contributed by atoms with Crippen LogP contribution in [-0.2, 0) is 11.3 Å². The van der Waals surface area contributed by atoms with Crippen LogP contribution in [-0.4, -0.2) is 40.3 Å². The lowest BCUT2D eigenvalue weighted by molar-refractivity contribution is 0.0920. The Morgan fingerprint density at radius 3 is 2.47 bits per heavy atom. The van der Waals surface area contributed by atoms with Gasteiger partial charge < -0.3 is 14.2 Å². The summed E-state index contributed by atoms with van der Waals surface area (Å²) in [5, 5.41) is 10.2. The minimum absolute atomic E-state index is 0.202. The Bertz CT molecular complexity index is 961. The van der Waals surface area contributed by atoms with Gasteiger partial charge in [-0.1, -0.05) is 29.4 Å². The molecule has 0 saturated heterocycles. The Labute approximate surface area is 186 Å².